The third-order valence-electron chi connectivity index (χ3n) is 4.31. The zero-order valence-electron chi connectivity index (χ0n) is 12.9. The largest absolute Gasteiger partial charge is 0.399 e. The van der Waals surface area contributed by atoms with Gasteiger partial charge in [0, 0.05) is 30.3 Å². The summed E-state index contributed by atoms with van der Waals surface area (Å²) in [5.74, 6) is 1.09. The fraction of sp³-hybridized carbons (Fsp3) is 0.412. The van der Waals surface area contributed by atoms with Gasteiger partial charge in [-0.15, -0.1) is 0 Å². The Morgan fingerprint density at radius 2 is 2.05 bits per heavy atom. The molecule has 1 aromatic heterocycles. The SMILES string of the molecule is Cn1nc(C2CCCCC2)cc1NC(=O)c1cccc(N)c1. The molecule has 1 fully saturated rings. The summed E-state index contributed by atoms with van der Waals surface area (Å²) >= 11 is 0. The zero-order valence-corrected chi connectivity index (χ0v) is 12.9. The minimum Gasteiger partial charge on any atom is -0.399 e. The summed E-state index contributed by atoms with van der Waals surface area (Å²) in [6.45, 7) is 0. The lowest BCUT2D eigenvalue weighted by Gasteiger charge is -2.19. The Balaban J connectivity index is 1.75. The Morgan fingerprint density at radius 1 is 1.27 bits per heavy atom. The van der Waals surface area contributed by atoms with Crippen LogP contribution in [0.25, 0.3) is 0 Å². The van der Waals surface area contributed by atoms with Gasteiger partial charge in [0.2, 0.25) is 0 Å². The van der Waals surface area contributed by atoms with E-state index in [2.05, 4.69) is 10.4 Å². The van der Waals surface area contributed by atoms with Crippen LogP contribution < -0.4 is 11.1 Å². The molecule has 22 heavy (non-hydrogen) atoms. The normalized spacial score (nSPS) is 15.7. The number of amides is 1. The molecule has 0 aliphatic heterocycles. The lowest BCUT2D eigenvalue weighted by Crippen LogP contribution is -2.14. The standard InChI is InChI=1S/C17H22N4O/c1-21-16(11-15(20-21)12-6-3-2-4-7-12)19-17(22)13-8-5-9-14(18)10-13/h5,8-12H,2-4,6-7,18H2,1H3,(H,19,22). The van der Waals surface area contributed by atoms with E-state index in [0.717, 1.165) is 11.5 Å². The number of nitrogens with one attached hydrogen (secondary N) is 1. The number of nitrogens with zero attached hydrogens (tertiary/aromatic N) is 2. The van der Waals surface area contributed by atoms with Crippen LogP contribution in [0, 0.1) is 0 Å². The van der Waals surface area contributed by atoms with Gasteiger partial charge in [0.1, 0.15) is 5.82 Å². The molecular weight excluding hydrogens is 276 g/mol. The maximum Gasteiger partial charge on any atom is 0.256 e. The van der Waals surface area contributed by atoms with Crippen molar-refractivity contribution in [3.63, 3.8) is 0 Å². The Kier molecular flexibility index (Phi) is 4.13. The first kappa shape index (κ1) is 14.6. The zero-order chi connectivity index (χ0) is 15.5. The number of rotatable bonds is 3. The average molecular weight is 298 g/mol. The van der Waals surface area contributed by atoms with E-state index in [1.165, 1.54) is 32.1 Å². The molecule has 0 unspecified atom stereocenters. The van der Waals surface area contributed by atoms with Crippen molar-refractivity contribution < 1.29 is 4.79 Å². The van der Waals surface area contributed by atoms with Crippen LogP contribution >= 0.6 is 0 Å². The van der Waals surface area contributed by atoms with Gasteiger partial charge in [-0.1, -0.05) is 25.3 Å². The molecule has 1 aromatic carbocycles. The van der Waals surface area contributed by atoms with Gasteiger partial charge in [-0.2, -0.15) is 5.10 Å². The second-order valence-corrected chi connectivity index (χ2v) is 5.99. The number of anilines is 2. The van der Waals surface area contributed by atoms with Crippen LogP contribution in [0.2, 0.25) is 0 Å². The molecular formula is C17H22N4O. The molecule has 116 valence electrons. The molecule has 2 aromatic rings. The van der Waals surface area contributed by atoms with Crippen molar-refractivity contribution in [2.45, 2.75) is 38.0 Å². The fourth-order valence-corrected chi connectivity index (χ4v) is 3.07. The summed E-state index contributed by atoms with van der Waals surface area (Å²) in [5, 5.41) is 7.50. The molecule has 1 heterocycles. The third-order valence-corrected chi connectivity index (χ3v) is 4.31. The molecule has 1 aliphatic carbocycles. The highest BCUT2D eigenvalue weighted by Gasteiger charge is 2.20. The highest BCUT2D eigenvalue weighted by atomic mass is 16.1. The topological polar surface area (TPSA) is 72.9 Å². The van der Waals surface area contributed by atoms with Crippen LogP contribution in [-0.4, -0.2) is 15.7 Å². The van der Waals surface area contributed by atoms with Crippen molar-refractivity contribution in [1.29, 1.82) is 0 Å². The molecule has 5 heteroatoms. The van der Waals surface area contributed by atoms with Crippen molar-refractivity contribution in [1.82, 2.24) is 9.78 Å². The minimum absolute atomic E-state index is 0.162. The van der Waals surface area contributed by atoms with E-state index in [-0.39, 0.29) is 5.91 Å². The van der Waals surface area contributed by atoms with Gasteiger partial charge in [0.15, 0.2) is 0 Å². The predicted molar refractivity (Wildman–Crippen MR) is 87.8 cm³/mol. The van der Waals surface area contributed by atoms with Crippen LogP contribution in [0.5, 0.6) is 0 Å². The van der Waals surface area contributed by atoms with Crippen LogP contribution in [-0.2, 0) is 7.05 Å². The van der Waals surface area contributed by atoms with Gasteiger partial charge >= 0.3 is 0 Å². The van der Waals surface area contributed by atoms with E-state index in [9.17, 15) is 4.79 Å². The second kappa shape index (κ2) is 6.22. The molecule has 1 aliphatic rings. The average Bonchev–Trinajstić information content (AvgIpc) is 2.89. The van der Waals surface area contributed by atoms with Crippen LogP contribution in [0.4, 0.5) is 11.5 Å². The first-order valence-corrected chi connectivity index (χ1v) is 7.84. The number of aryl methyl sites for hydroxylation is 1. The number of carbonyl (C=O) groups excluding carboxylic acids is 1. The number of nitrogens with two attached hydrogens (primary N) is 1. The second-order valence-electron chi connectivity index (χ2n) is 5.99. The molecule has 5 nitrogen and oxygen atoms in total. The monoisotopic (exact) mass is 298 g/mol. The van der Waals surface area contributed by atoms with Crippen molar-refractivity contribution in [3.05, 3.63) is 41.6 Å². The van der Waals surface area contributed by atoms with Gasteiger partial charge in [-0.25, -0.2) is 0 Å². The summed E-state index contributed by atoms with van der Waals surface area (Å²) < 4.78 is 1.74. The van der Waals surface area contributed by atoms with Crippen molar-refractivity contribution in [2.75, 3.05) is 11.1 Å². The molecule has 0 bridgehead atoms. The molecule has 0 atom stereocenters. The smallest absolute Gasteiger partial charge is 0.256 e. The number of aromatic nitrogens is 2. The Morgan fingerprint density at radius 3 is 2.77 bits per heavy atom. The first-order chi connectivity index (χ1) is 10.6. The molecule has 3 N–H and O–H groups in total. The van der Waals surface area contributed by atoms with E-state index in [1.54, 1.807) is 28.9 Å². The molecule has 0 saturated heterocycles. The minimum atomic E-state index is -0.162. The van der Waals surface area contributed by atoms with Gasteiger partial charge in [-0.05, 0) is 31.0 Å². The van der Waals surface area contributed by atoms with Crippen molar-refractivity contribution in [2.24, 2.45) is 7.05 Å². The van der Waals surface area contributed by atoms with Crippen LogP contribution in [0.3, 0.4) is 0 Å². The summed E-state index contributed by atoms with van der Waals surface area (Å²) in [6, 6.07) is 8.97. The Hall–Kier alpha value is -2.30. The maximum atomic E-state index is 12.3. The highest BCUT2D eigenvalue weighted by Crippen LogP contribution is 2.32. The molecule has 3 rings (SSSR count). The van der Waals surface area contributed by atoms with E-state index >= 15 is 0 Å². The highest BCUT2D eigenvalue weighted by molar-refractivity contribution is 6.04. The van der Waals surface area contributed by atoms with E-state index < -0.39 is 0 Å². The van der Waals surface area contributed by atoms with Crippen molar-refractivity contribution in [3.8, 4) is 0 Å². The molecule has 0 spiro atoms. The number of hydrogen-bond donors (Lipinski definition) is 2. The molecule has 1 amide bonds. The van der Waals surface area contributed by atoms with E-state index in [4.69, 9.17) is 5.73 Å². The Bertz CT molecular complexity index is 671. The summed E-state index contributed by atoms with van der Waals surface area (Å²) in [6.07, 6.45) is 6.25. The van der Waals surface area contributed by atoms with E-state index in [1.807, 2.05) is 13.1 Å². The molecule has 0 radical (unpaired) electrons. The van der Waals surface area contributed by atoms with Crippen molar-refractivity contribution >= 4 is 17.4 Å². The summed E-state index contributed by atoms with van der Waals surface area (Å²) in [7, 11) is 1.86. The third kappa shape index (κ3) is 3.13. The summed E-state index contributed by atoms with van der Waals surface area (Å²) in [5.41, 5.74) is 7.95. The number of hydrogen-bond acceptors (Lipinski definition) is 3. The maximum absolute atomic E-state index is 12.3. The van der Waals surface area contributed by atoms with Gasteiger partial charge in [0.25, 0.3) is 5.91 Å². The number of nitrogen functional groups attached to an aromatic ring is 1. The predicted octanol–water partition coefficient (Wildman–Crippen LogP) is 3.30. The number of benzene rings is 1. The van der Waals surface area contributed by atoms with Gasteiger partial charge in [0.05, 0.1) is 5.69 Å². The fourth-order valence-electron chi connectivity index (χ4n) is 3.07. The first-order valence-electron chi connectivity index (χ1n) is 7.84. The Labute approximate surface area is 130 Å². The number of carbonyl (C=O) groups is 1. The van der Waals surface area contributed by atoms with Crippen LogP contribution in [0.15, 0.2) is 30.3 Å². The van der Waals surface area contributed by atoms with Gasteiger partial charge in [-0.3, -0.25) is 9.48 Å². The quantitative estimate of drug-likeness (QED) is 0.854. The lowest BCUT2D eigenvalue weighted by atomic mass is 9.87. The summed E-state index contributed by atoms with van der Waals surface area (Å²) in [4.78, 5) is 12.3. The van der Waals surface area contributed by atoms with E-state index in [0.29, 0.717) is 17.2 Å². The van der Waals surface area contributed by atoms with Crippen LogP contribution in [0.1, 0.15) is 54.1 Å². The lowest BCUT2D eigenvalue weighted by molar-refractivity contribution is 0.102. The van der Waals surface area contributed by atoms with Gasteiger partial charge < -0.3 is 11.1 Å². The molecule has 1 saturated carbocycles.